The van der Waals surface area contributed by atoms with E-state index in [0.717, 1.165) is 30.2 Å². The Morgan fingerprint density at radius 2 is 1.67 bits per heavy atom. The van der Waals surface area contributed by atoms with Crippen LogP contribution >= 0.6 is 0 Å². The lowest BCUT2D eigenvalue weighted by atomic mass is 10.1. The predicted octanol–water partition coefficient (Wildman–Crippen LogP) is 2.97. The van der Waals surface area contributed by atoms with Gasteiger partial charge in [0.05, 0.1) is 25.9 Å². The molecule has 0 atom stereocenters. The number of hydrogen-bond acceptors (Lipinski definition) is 6. The van der Waals surface area contributed by atoms with Crippen LogP contribution < -0.4 is 9.64 Å². The van der Waals surface area contributed by atoms with Crippen molar-refractivity contribution in [2.24, 2.45) is 0 Å². The number of morpholine rings is 1. The molecule has 0 radical (unpaired) electrons. The van der Waals surface area contributed by atoms with Crippen molar-refractivity contribution in [2.75, 3.05) is 38.3 Å². The molecule has 0 bridgehead atoms. The maximum Gasteiger partial charge on any atom is 0.229 e. The molecule has 2 aromatic carbocycles. The van der Waals surface area contributed by atoms with Crippen molar-refractivity contribution in [3.05, 3.63) is 66.0 Å². The maximum absolute atomic E-state index is 5.51. The number of ether oxygens (including phenoxy) is 2. The van der Waals surface area contributed by atoms with Crippen LogP contribution in [0.25, 0.3) is 11.4 Å². The van der Waals surface area contributed by atoms with Crippen LogP contribution in [0.1, 0.15) is 11.4 Å². The molecule has 1 fully saturated rings. The van der Waals surface area contributed by atoms with Gasteiger partial charge in [0.1, 0.15) is 11.6 Å². The maximum atomic E-state index is 5.51. The molecule has 0 unspecified atom stereocenters. The number of rotatable bonds is 5. The average Bonchev–Trinajstić information content (AvgIpc) is 2.75. The Balaban J connectivity index is 1.76. The van der Waals surface area contributed by atoms with Gasteiger partial charge in [-0.15, -0.1) is 0 Å². The van der Waals surface area contributed by atoms with E-state index in [-0.39, 0.29) is 0 Å². The van der Waals surface area contributed by atoms with Gasteiger partial charge in [-0.25, -0.2) is 4.98 Å². The highest BCUT2D eigenvalue weighted by molar-refractivity contribution is 5.64. The molecule has 3 aromatic rings. The fourth-order valence-corrected chi connectivity index (χ4v) is 3.12. The van der Waals surface area contributed by atoms with E-state index in [1.54, 1.807) is 7.11 Å². The Morgan fingerprint density at radius 1 is 0.926 bits per heavy atom. The fraction of sp³-hybridized carbons (Fsp3) is 0.286. The highest BCUT2D eigenvalue weighted by Crippen LogP contribution is 2.28. The van der Waals surface area contributed by atoms with Crippen LogP contribution in [-0.2, 0) is 11.2 Å². The number of aromatic nitrogens is 3. The molecule has 0 N–H and O–H groups in total. The number of anilines is 1. The third-order valence-corrected chi connectivity index (χ3v) is 4.52. The van der Waals surface area contributed by atoms with Crippen molar-refractivity contribution in [2.45, 2.75) is 6.42 Å². The summed E-state index contributed by atoms with van der Waals surface area (Å²) in [4.78, 5) is 16.4. The summed E-state index contributed by atoms with van der Waals surface area (Å²) in [6, 6.07) is 18.0. The van der Waals surface area contributed by atoms with Gasteiger partial charge in [-0.1, -0.05) is 42.5 Å². The molecule has 4 rings (SSSR count). The second kappa shape index (κ2) is 8.14. The van der Waals surface area contributed by atoms with Crippen molar-refractivity contribution in [3.8, 4) is 17.1 Å². The molecule has 0 amide bonds. The van der Waals surface area contributed by atoms with Crippen molar-refractivity contribution >= 4 is 5.95 Å². The van der Waals surface area contributed by atoms with Gasteiger partial charge in [0, 0.05) is 19.5 Å². The first-order chi connectivity index (χ1) is 13.3. The zero-order chi connectivity index (χ0) is 18.5. The number of para-hydroxylation sites is 1. The molecule has 0 aliphatic carbocycles. The van der Waals surface area contributed by atoms with E-state index in [2.05, 4.69) is 17.0 Å². The lowest BCUT2D eigenvalue weighted by Crippen LogP contribution is -2.37. The summed E-state index contributed by atoms with van der Waals surface area (Å²) in [7, 11) is 1.66. The third-order valence-electron chi connectivity index (χ3n) is 4.52. The standard InChI is InChI=1S/C21H22N4O2/c1-26-18-10-6-5-9-17(18)20-22-19(15-16-7-3-2-4-8-16)23-21(24-20)25-11-13-27-14-12-25/h2-10H,11-15H2,1H3. The summed E-state index contributed by atoms with van der Waals surface area (Å²) >= 11 is 0. The van der Waals surface area contributed by atoms with Crippen molar-refractivity contribution in [1.29, 1.82) is 0 Å². The van der Waals surface area contributed by atoms with Crippen molar-refractivity contribution < 1.29 is 9.47 Å². The lowest BCUT2D eigenvalue weighted by Gasteiger charge is -2.27. The van der Waals surface area contributed by atoms with E-state index in [0.29, 0.717) is 31.4 Å². The van der Waals surface area contributed by atoms with Crippen molar-refractivity contribution in [1.82, 2.24) is 15.0 Å². The Kier molecular flexibility index (Phi) is 5.25. The molecule has 138 valence electrons. The van der Waals surface area contributed by atoms with E-state index < -0.39 is 0 Å². The van der Waals surface area contributed by atoms with Gasteiger partial charge in [-0.2, -0.15) is 9.97 Å². The minimum atomic E-state index is 0.634. The molecule has 6 nitrogen and oxygen atoms in total. The van der Waals surface area contributed by atoms with Crippen LogP contribution in [0.3, 0.4) is 0 Å². The van der Waals surface area contributed by atoms with Gasteiger partial charge in [-0.05, 0) is 17.7 Å². The molecular formula is C21H22N4O2. The largest absolute Gasteiger partial charge is 0.496 e. The monoisotopic (exact) mass is 362 g/mol. The van der Waals surface area contributed by atoms with E-state index >= 15 is 0 Å². The Bertz CT molecular complexity index is 896. The van der Waals surface area contributed by atoms with Crippen LogP contribution in [-0.4, -0.2) is 48.4 Å². The zero-order valence-electron chi connectivity index (χ0n) is 15.3. The van der Waals surface area contributed by atoms with E-state index in [9.17, 15) is 0 Å². The molecule has 0 spiro atoms. The number of methoxy groups -OCH3 is 1. The van der Waals surface area contributed by atoms with Gasteiger partial charge < -0.3 is 14.4 Å². The van der Waals surface area contributed by atoms with Gasteiger partial charge in [0.2, 0.25) is 5.95 Å². The van der Waals surface area contributed by atoms with Gasteiger partial charge in [0.15, 0.2) is 5.82 Å². The predicted molar refractivity (Wildman–Crippen MR) is 104 cm³/mol. The third kappa shape index (κ3) is 4.06. The van der Waals surface area contributed by atoms with E-state index in [1.165, 1.54) is 5.56 Å². The molecule has 1 aromatic heterocycles. The quantitative estimate of drug-likeness (QED) is 0.695. The summed E-state index contributed by atoms with van der Waals surface area (Å²) in [5, 5.41) is 0. The van der Waals surface area contributed by atoms with Gasteiger partial charge in [-0.3, -0.25) is 0 Å². The summed E-state index contributed by atoms with van der Waals surface area (Å²) < 4.78 is 11.0. The van der Waals surface area contributed by atoms with Gasteiger partial charge in [0.25, 0.3) is 0 Å². The first-order valence-electron chi connectivity index (χ1n) is 9.08. The number of benzene rings is 2. The molecule has 1 aliphatic heterocycles. The van der Waals surface area contributed by atoms with E-state index in [1.807, 2.05) is 42.5 Å². The molecule has 27 heavy (non-hydrogen) atoms. The highest BCUT2D eigenvalue weighted by Gasteiger charge is 2.18. The first-order valence-corrected chi connectivity index (χ1v) is 9.08. The van der Waals surface area contributed by atoms with Crippen LogP contribution in [0, 0.1) is 0 Å². The molecule has 0 saturated carbocycles. The molecule has 2 heterocycles. The summed E-state index contributed by atoms with van der Waals surface area (Å²) in [6.45, 7) is 2.92. The van der Waals surface area contributed by atoms with Gasteiger partial charge >= 0.3 is 0 Å². The Hall–Kier alpha value is -2.99. The second-order valence-corrected chi connectivity index (χ2v) is 6.34. The minimum Gasteiger partial charge on any atom is -0.496 e. The Labute approximate surface area is 158 Å². The minimum absolute atomic E-state index is 0.634. The zero-order valence-corrected chi connectivity index (χ0v) is 15.3. The van der Waals surface area contributed by atoms with Crippen molar-refractivity contribution in [3.63, 3.8) is 0 Å². The summed E-state index contributed by atoms with van der Waals surface area (Å²) in [6.07, 6.45) is 0.656. The van der Waals surface area contributed by atoms with Crippen LogP contribution in [0.2, 0.25) is 0 Å². The highest BCUT2D eigenvalue weighted by atomic mass is 16.5. The molecule has 1 aliphatic rings. The Morgan fingerprint density at radius 3 is 2.44 bits per heavy atom. The summed E-state index contributed by atoms with van der Waals surface area (Å²) in [5.41, 5.74) is 2.04. The number of hydrogen-bond donors (Lipinski definition) is 0. The molecular weight excluding hydrogens is 340 g/mol. The van der Waals surface area contributed by atoms with Crippen LogP contribution in [0.5, 0.6) is 5.75 Å². The average molecular weight is 362 g/mol. The molecule has 6 heteroatoms. The smallest absolute Gasteiger partial charge is 0.229 e. The normalized spacial score (nSPS) is 14.2. The summed E-state index contributed by atoms with van der Waals surface area (Å²) in [5.74, 6) is 2.83. The van der Waals surface area contributed by atoms with E-state index in [4.69, 9.17) is 24.4 Å². The fourth-order valence-electron chi connectivity index (χ4n) is 3.12. The lowest BCUT2D eigenvalue weighted by molar-refractivity contribution is 0.122. The van der Waals surface area contributed by atoms with Crippen LogP contribution in [0.15, 0.2) is 54.6 Å². The second-order valence-electron chi connectivity index (χ2n) is 6.34. The number of nitrogens with zero attached hydrogens (tertiary/aromatic N) is 4. The van der Waals surface area contributed by atoms with Crippen LogP contribution in [0.4, 0.5) is 5.95 Å². The SMILES string of the molecule is COc1ccccc1-c1nc(Cc2ccccc2)nc(N2CCOCC2)n1. The first kappa shape index (κ1) is 17.4. The molecule has 1 saturated heterocycles. The topological polar surface area (TPSA) is 60.4 Å².